The van der Waals surface area contributed by atoms with E-state index in [4.69, 9.17) is 10.5 Å². The van der Waals surface area contributed by atoms with Crippen molar-refractivity contribution in [1.82, 2.24) is 9.78 Å². The second kappa shape index (κ2) is 4.23. The highest BCUT2D eigenvalue weighted by atomic mass is 16.5. The molecule has 0 radical (unpaired) electrons. The van der Waals surface area contributed by atoms with Crippen LogP contribution in [0, 0.1) is 19.8 Å². The molecule has 4 nitrogen and oxygen atoms in total. The first kappa shape index (κ1) is 10.5. The molecule has 1 fully saturated rings. The van der Waals surface area contributed by atoms with Crippen molar-refractivity contribution in [2.75, 3.05) is 18.9 Å². The maximum absolute atomic E-state index is 5.84. The predicted molar refractivity (Wildman–Crippen MR) is 59.7 cm³/mol. The summed E-state index contributed by atoms with van der Waals surface area (Å²) in [5.41, 5.74) is 8.60. The van der Waals surface area contributed by atoms with Crippen molar-refractivity contribution < 1.29 is 4.74 Å². The summed E-state index contributed by atoms with van der Waals surface area (Å²) in [5.74, 6) is 0.829. The van der Waals surface area contributed by atoms with Crippen molar-refractivity contribution in [3.63, 3.8) is 0 Å². The molecule has 0 amide bonds. The number of ether oxygens (including phenoxy) is 1. The highest BCUT2D eigenvalue weighted by Crippen LogP contribution is 2.28. The van der Waals surface area contributed by atoms with Gasteiger partial charge in [-0.3, -0.25) is 4.68 Å². The lowest BCUT2D eigenvalue weighted by molar-refractivity contribution is 0.114. The zero-order valence-corrected chi connectivity index (χ0v) is 9.49. The minimum Gasteiger partial charge on any atom is -0.396 e. The largest absolute Gasteiger partial charge is 0.396 e. The van der Waals surface area contributed by atoms with Gasteiger partial charge in [0.2, 0.25) is 0 Å². The second-order valence-electron chi connectivity index (χ2n) is 4.33. The Morgan fingerprint density at radius 2 is 2.20 bits per heavy atom. The first-order valence-electron chi connectivity index (χ1n) is 5.55. The summed E-state index contributed by atoms with van der Waals surface area (Å²) < 4.78 is 7.49. The average Bonchev–Trinajstić information content (AvgIpc) is 3.00. The van der Waals surface area contributed by atoms with Crippen LogP contribution in [0.25, 0.3) is 0 Å². The zero-order valence-electron chi connectivity index (χ0n) is 9.49. The molecule has 0 atom stereocenters. The standard InChI is InChI=1S/C11H19N3O/c1-8-11(12)9(2)14(13-8)5-6-15-7-10-3-4-10/h10H,3-7,12H2,1-2H3. The number of aromatic nitrogens is 2. The summed E-state index contributed by atoms with van der Waals surface area (Å²) in [5, 5.41) is 4.35. The summed E-state index contributed by atoms with van der Waals surface area (Å²) in [7, 11) is 0. The van der Waals surface area contributed by atoms with Gasteiger partial charge in [-0.15, -0.1) is 0 Å². The first-order chi connectivity index (χ1) is 7.18. The lowest BCUT2D eigenvalue weighted by Gasteiger charge is -2.05. The Labute approximate surface area is 90.4 Å². The van der Waals surface area contributed by atoms with Gasteiger partial charge in [0.15, 0.2) is 0 Å². The molecule has 0 bridgehead atoms. The van der Waals surface area contributed by atoms with Crippen LogP contribution in [0.15, 0.2) is 0 Å². The molecule has 4 heteroatoms. The molecule has 2 N–H and O–H groups in total. The Morgan fingerprint density at radius 3 is 2.73 bits per heavy atom. The van der Waals surface area contributed by atoms with E-state index in [1.54, 1.807) is 0 Å². The van der Waals surface area contributed by atoms with Gasteiger partial charge in [0.1, 0.15) is 0 Å². The van der Waals surface area contributed by atoms with Gasteiger partial charge < -0.3 is 10.5 Å². The number of nitrogen functional groups attached to an aromatic ring is 1. The quantitative estimate of drug-likeness (QED) is 0.748. The van der Waals surface area contributed by atoms with Crippen LogP contribution in [0.3, 0.4) is 0 Å². The van der Waals surface area contributed by atoms with Crippen LogP contribution in [-0.2, 0) is 11.3 Å². The molecular formula is C11H19N3O. The van der Waals surface area contributed by atoms with Crippen LogP contribution in [0.5, 0.6) is 0 Å². The van der Waals surface area contributed by atoms with Crippen LogP contribution in [0.4, 0.5) is 5.69 Å². The van der Waals surface area contributed by atoms with Gasteiger partial charge >= 0.3 is 0 Å². The van der Waals surface area contributed by atoms with Crippen molar-refractivity contribution >= 4 is 5.69 Å². The van der Waals surface area contributed by atoms with E-state index in [0.29, 0.717) is 0 Å². The Bertz CT molecular complexity index is 342. The summed E-state index contributed by atoms with van der Waals surface area (Å²) in [6.45, 7) is 6.38. The third kappa shape index (κ3) is 2.50. The van der Waals surface area contributed by atoms with E-state index in [0.717, 1.165) is 42.8 Å². The summed E-state index contributed by atoms with van der Waals surface area (Å²) in [6, 6.07) is 0. The zero-order chi connectivity index (χ0) is 10.8. The first-order valence-corrected chi connectivity index (χ1v) is 5.55. The third-order valence-electron chi connectivity index (χ3n) is 2.94. The van der Waals surface area contributed by atoms with E-state index >= 15 is 0 Å². The Hall–Kier alpha value is -1.03. The highest BCUT2D eigenvalue weighted by molar-refractivity contribution is 5.46. The van der Waals surface area contributed by atoms with Gasteiger partial charge in [-0.1, -0.05) is 0 Å². The molecule has 1 aliphatic rings. The van der Waals surface area contributed by atoms with Crippen LogP contribution >= 0.6 is 0 Å². The van der Waals surface area contributed by atoms with Crippen LogP contribution in [-0.4, -0.2) is 23.0 Å². The normalized spacial score (nSPS) is 15.9. The van der Waals surface area contributed by atoms with Crippen molar-refractivity contribution in [2.24, 2.45) is 5.92 Å². The molecule has 1 saturated carbocycles. The Balaban J connectivity index is 1.79. The minimum absolute atomic E-state index is 0.734. The summed E-state index contributed by atoms with van der Waals surface area (Å²) >= 11 is 0. The van der Waals surface area contributed by atoms with Crippen LogP contribution in [0.1, 0.15) is 24.2 Å². The fraction of sp³-hybridized carbons (Fsp3) is 0.727. The molecule has 0 aromatic carbocycles. The molecule has 0 spiro atoms. The topological polar surface area (TPSA) is 53.1 Å². The van der Waals surface area contributed by atoms with E-state index in [1.807, 2.05) is 18.5 Å². The molecule has 0 aliphatic heterocycles. The van der Waals surface area contributed by atoms with E-state index < -0.39 is 0 Å². The van der Waals surface area contributed by atoms with Crippen molar-refractivity contribution in [2.45, 2.75) is 33.2 Å². The van der Waals surface area contributed by atoms with Crippen LogP contribution in [0.2, 0.25) is 0 Å². The van der Waals surface area contributed by atoms with Crippen molar-refractivity contribution in [3.8, 4) is 0 Å². The third-order valence-corrected chi connectivity index (χ3v) is 2.94. The van der Waals surface area contributed by atoms with E-state index in [9.17, 15) is 0 Å². The molecule has 1 aliphatic carbocycles. The number of nitrogens with zero attached hydrogens (tertiary/aromatic N) is 2. The minimum atomic E-state index is 0.734. The monoisotopic (exact) mass is 209 g/mol. The van der Waals surface area contributed by atoms with E-state index in [2.05, 4.69) is 5.10 Å². The van der Waals surface area contributed by atoms with Crippen molar-refractivity contribution in [1.29, 1.82) is 0 Å². The molecule has 2 rings (SSSR count). The Morgan fingerprint density at radius 1 is 1.47 bits per heavy atom. The molecule has 1 aromatic rings. The molecule has 0 saturated heterocycles. The Kier molecular flexibility index (Phi) is 2.95. The highest BCUT2D eigenvalue weighted by Gasteiger charge is 2.21. The van der Waals surface area contributed by atoms with Gasteiger partial charge in [0.05, 0.1) is 30.2 Å². The lowest BCUT2D eigenvalue weighted by atomic mass is 10.3. The maximum Gasteiger partial charge on any atom is 0.0825 e. The number of nitrogens with two attached hydrogens (primary N) is 1. The molecular weight excluding hydrogens is 190 g/mol. The SMILES string of the molecule is Cc1nn(CCOCC2CC2)c(C)c1N. The molecule has 1 aromatic heterocycles. The van der Waals surface area contributed by atoms with Gasteiger partial charge in [-0.05, 0) is 32.6 Å². The molecule has 0 unspecified atom stereocenters. The van der Waals surface area contributed by atoms with Crippen LogP contribution < -0.4 is 5.73 Å². The summed E-state index contributed by atoms with van der Waals surface area (Å²) in [4.78, 5) is 0. The number of hydrogen-bond donors (Lipinski definition) is 1. The number of rotatable bonds is 5. The van der Waals surface area contributed by atoms with E-state index in [-0.39, 0.29) is 0 Å². The summed E-state index contributed by atoms with van der Waals surface area (Å²) in [6.07, 6.45) is 2.68. The number of hydrogen-bond acceptors (Lipinski definition) is 3. The fourth-order valence-corrected chi connectivity index (χ4v) is 1.61. The molecule has 1 heterocycles. The molecule has 15 heavy (non-hydrogen) atoms. The fourth-order valence-electron chi connectivity index (χ4n) is 1.61. The lowest BCUT2D eigenvalue weighted by Crippen LogP contribution is -2.10. The second-order valence-corrected chi connectivity index (χ2v) is 4.33. The number of aryl methyl sites for hydroxylation is 1. The van der Waals surface area contributed by atoms with Gasteiger partial charge in [0.25, 0.3) is 0 Å². The predicted octanol–water partition coefficient (Wildman–Crippen LogP) is 1.51. The van der Waals surface area contributed by atoms with Gasteiger partial charge in [0, 0.05) is 6.61 Å². The number of anilines is 1. The van der Waals surface area contributed by atoms with Gasteiger partial charge in [-0.25, -0.2) is 0 Å². The van der Waals surface area contributed by atoms with E-state index in [1.165, 1.54) is 12.8 Å². The average molecular weight is 209 g/mol. The molecule has 84 valence electrons. The van der Waals surface area contributed by atoms with Gasteiger partial charge in [-0.2, -0.15) is 5.10 Å². The maximum atomic E-state index is 5.84. The smallest absolute Gasteiger partial charge is 0.0825 e. The van der Waals surface area contributed by atoms with Crippen molar-refractivity contribution in [3.05, 3.63) is 11.4 Å².